The number of nitrogens with one attached hydrogen (secondary N) is 1. The number of hydrogen-bond donors (Lipinski definition) is 1. The second kappa shape index (κ2) is 9.71. The zero-order chi connectivity index (χ0) is 17.4. The van der Waals surface area contributed by atoms with Crippen LogP contribution in [0.2, 0.25) is 0 Å². The molecule has 1 rings (SSSR count). The van der Waals surface area contributed by atoms with Gasteiger partial charge in [0.1, 0.15) is 6.04 Å². The maximum absolute atomic E-state index is 12.5. The Labute approximate surface area is 147 Å². The van der Waals surface area contributed by atoms with Gasteiger partial charge in [-0.25, -0.2) is 0 Å². The molecule has 4 nitrogen and oxygen atoms in total. The summed E-state index contributed by atoms with van der Waals surface area (Å²) in [5.41, 5.74) is 1.01. The third kappa shape index (κ3) is 6.34. The van der Waals surface area contributed by atoms with Gasteiger partial charge in [-0.2, -0.15) is 0 Å². The predicted octanol–water partition coefficient (Wildman–Crippen LogP) is 3.88. The fourth-order valence-electron chi connectivity index (χ4n) is 2.19. The van der Waals surface area contributed by atoms with Gasteiger partial charge in [0.25, 0.3) is 0 Å². The summed E-state index contributed by atoms with van der Waals surface area (Å²) in [6, 6.07) is 7.46. The van der Waals surface area contributed by atoms with Gasteiger partial charge in [0, 0.05) is 23.5 Å². The Bertz CT molecular complexity index is 516. The molecule has 128 valence electrons. The van der Waals surface area contributed by atoms with Crippen LogP contribution < -0.4 is 5.32 Å². The maximum atomic E-state index is 12.5. The number of hydrogen-bond acceptors (Lipinski definition) is 2. The lowest BCUT2D eigenvalue weighted by Gasteiger charge is -2.29. The van der Waals surface area contributed by atoms with Gasteiger partial charge in [-0.1, -0.05) is 41.9 Å². The van der Waals surface area contributed by atoms with Crippen LogP contribution in [0, 0.1) is 0 Å². The normalized spacial score (nSPS) is 13.3. The van der Waals surface area contributed by atoms with E-state index in [9.17, 15) is 9.59 Å². The number of amides is 2. The van der Waals surface area contributed by atoms with Crippen molar-refractivity contribution < 1.29 is 9.59 Å². The molecule has 0 aliphatic heterocycles. The average Bonchev–Trinajstić information content (AvgIpc) is 2.53. The van der Waals surface area contributed by atoms with Crippen LogP contribution in [0.4, 0.5) is 0 Å². The molecular formula is C18H27BrN2O2. The number of carbonyl (C=O) groups is 2. The Hall–Kier alpha value is -1.36. The second-order valence-electron chi connectivity index (χ2n) is 5.89. The summed E-state index contributed by atoms with van der Waals surface area (Å²) in [5.74, 6) is -0.0804. The van der Waals surface area contributed by atoms with Crippen molar-refractivity contribution in [2.45, 2.75) is 65.6 Å². The Kier molecular flexibility index (Phi) is 8.31. The first kappa shape index (κ1) is 19.7. The highest BCUT2D eigenvalue weighted by Gasteiger charge is 2.26. The monoisotopic (exact) mass is 382 g/mol. The smallest absolute Gasteiger partial charge is 0.242 e. The molecule has 2 atom stereocenters. The lowest BCUT2D eigenvalue weighted by molar-refractivity contribution is -0.140. The minimum Gasteiger partial charge on any atom is -0.352 e. The molecular weight excluding hydrogens is 356 g/mol. The summed E-state index contributed by atoms with van der Waals surface area (Å²) < 4.78 is 0.996. The molecule has 0 aromatic heterocycles. The van der Waals surface area contributed by atoms with E-state index in [0.29, 0.717) is 13.0 Å². The van der Waals surface area contributed by atoms with Crippen LogP contribution >= 0.6 is 15.9 Å². The summed E-state index contributed by atoms with van der Waals surface area (Å²) in [4.78, 5) is 26.5. The molecule has 0 spiro atoms. The van der Waals surface area contributed by atoms with Gasteiger partial charge in [0.05, 0.1) is 0 Å². The lowest BCUT2D eigenvalue weighted by atomic mass is 10.1. The standard InChI is InChI=1S/C18H27BrN2O2/c1-5-7-17(22)21(12-15-8-10-16(19)11-9-15)14(4)18(23)20-13(3)6-2/h8-11,13-14H,5-7,12H2,1-4H3,(H,20,23). The Morgan fingerprint density at radius 3 is 2.30 bits per heavy atom. The van der Waals surface area contributed by atoms with E-state index in [0.717, 1.165) is 22.9 Å². The van der Waals surface area contributed by atoms with Crippen molar-refractivity contribution in [3.8, 4) is 0 Å². The number of benzene rings is 1. The number of carbonyl (C=O) groups excluding carboxylic acids is 2. The Morgan fingerprint density at radius 1 is 1.17 bits per heavy atom. The summed E-state index contributed by atoms with van der Waals surface area (Å²) in [6.07, 6.45) is 2.10. The van der Waals surface area contributed by atoms with Gasteiger partial charge in [0.15, 0.2) is 0 Å². The lowest BCUT2D eigenvalue weighted by Crippen LogP contribution is -2.49. The van der Waals surface area contributed by atoms with Crippen LogP contribution in [-0.2, 0) is 16.1 Å². The van der Waals surface area contributed by atoms with Gasteiger partial charge in [-0.15, -0.1) is 0 Å². The van der Waals surface area contributed by atoms with Crippen molar-refractivity contribution in [3.05, 3.63) is 34.3 Å². The highest BCUT2D eigenvalue weighted by Crippen LogP contribution is 2.15. The van der Waals surface area contributed by atoms with Crippen molar-refractivity contribution in [1.82, 2.24) is 10.2 Å². The first-order chi connectivity index (χ1) is 10.9. The summed E-state index contributed by atoms with van der Waals surface area (Å²) in [7, 11) is 0. The van der Waals surface area contributed by atoms with Crippen molar-refractivity contribution >= 4 is 27.7 Å². The van der Waals surface area contributed by atoms with E-state index in [1.807, 2.05) is 45.0 Å². The van der Waals surface area contributed by atoms with E-state index in [4.69, 9.17) is 0 Å². The van der Waals surface area contributed by atoms with Crippen molar-refractivity contribution in [2.24, 2.45) is 0 Å². The molecule has 0 saturated carbocycles. The van der Waals surface area contributed by atoms with Crippen LogP contribution in [-0.4, -0.2) is 28.8 Å². The predicted molar refractivity (Wildman–Crippen MR) is 97.0 cm³/mol. The molecule has 2 amide bonds. The molecule has 23 heavy (non-hydrogen) atoms. The number of nitrogens with zero attached hydrogens (tertiary/aromatic N) is 1. The van der Waals surface area contributed by atoms with Gasteiger partial charge in [0.2, 0.25) is 11.8 Å². The first-order valence-corrected chi connectivity index (χ1v) is 9.02. The second-order valence-corrected chi connectivity index (χ2v) is 6.81. The molecule has 0 saturated heterocycles. The summed E-state index contributed by atoms with van der Waals surface area (Å²) >= 11 is 3.41. The van der Waals surface area contributed by atoms with Crippen LogP contribution in [0.1, 0.15) is 52.5 Å². The molecule has 2 unspecified atom stereocenters. The van der Waals surface area contributed by atoms with E-state index in [-0.39, 0.29) is 17.9 Å². The zero-order valence-electron chi connectivity index (χ0n) is 14.4. The molecule has 1 aromatic rings. The first-order valence-electron chi connectivity index (χ1n) is 8.23. The molecule has 1 N–H and O–H groups in total. The highest BCUT2D eigenvalue weighted by atomic mass is 79.9. The van der Waals surface area contributed by atoms with Crippen molar-refractivity contribution in [3.63, 3.8) is 0 Å². The van der Waals surface area contributed by atoms with Crippen LogP contribution in [0.5, 0.6) is 0 Å². The van der Waals surface area contributed by atoms with Gasteiger partial charge >= 0.3 is 0 Å². The Morgan fingerprint density at radius 2 is 1.78 bits per heavy atom. The van der Waals surface area contributed by atoms with Crippen molar-refractivity contribution in [1.29, 1.82) is 0 Å². The molecule has 0 fully saturated rings. The molecule has 1 aromatic carbocycles. The van der Waals surface area contributed by atoms with Gasteiger partial charge in [-0.3, -0.25) is 9.59 Å². The molecule has 0 bridgehead atoms. The van der Waals surface area contributed by atoms with Gasteiger partial charge < -0.3 is 10.2 Å². The van der Waals surface area contributed by atoms with Crippen LogP contribution in [0.25, 0.3) is 0 Å². The molecule has 0 aliphatic rings. The summed E-state index contributed by atoms with van der Waals surface area (Å²) in [6.45, 7) is 8.21. The van der Waals surface area contributed by atoms with E-state index >= 15 is 0 Å². The van der Waals surface area contributed by atoms with Gasteiger partial charge in [-0.05, 0) is 44.4 Å². The van der Waals surface area contributed by atoms with Crippen LogP contribution in [0.15, 0.2) is 28.7 Å². The van der Waals surface area contributed by atoms with Crippen molar-refractivity contribution in [2.75, 3.05) is 0 Å². The van der Waals surface area contributed by atoms with E-state index in [1.165, 1.54) is 0 Å². The molecule has 5 heteroatoms. The third-order valence-electron chi connectivity index (χ3n) is 3.90. The molecule has 0 aliphatic carbocycles. The molecule has 0 heterocycles. The minimum absolute atomic E-state index is 0.0159. The van der Waals surface area contributed by atoms with E-state index in [1.54, 1.807) is 11.8 Å². The quantitative estimate of drug-likeness (QED) is 0.741. The number of halogens is 1. The van der Waals surface area contributed by atoms with Crippen LogP contribution in [0.3, 0.4) is 0 Å². The average molecular weight is 383 g/mol. The fraction of sp³-hybridized carbons (Fsp3) is 0.556. The summed E-state index contributed by atoms with van der Waals surface area (Å²) in [5, 5.41) is 2.96. The topological polar surface area (TPSA) is 49.4 Å². The van der Waals surface area contributed by atoms with E-state index < -0.39 is 6.04 Å². The largest absolute Gasteiger partial charge is 0.352 e. The number of rotatable bonds is 8. The third-order valence-corrected chi connectivity index (χ3v) is 4.43. The highest BCUT2D eigenvalue weighted by molar-refractivity contribution is 9.10. The Balaban J connectivity index is 2.88. The zero-order valence-corrected chi connectivity index (χ0v) is 16.0. The maximum Gasteiger partial charge on any atom is 0.242 e. The SMILES string of the molecule is CCCC(=O)N(Cc1ccc(Br)cc1)C(C)C(=O)NC(C)CC. The molecule has 0 radical (unpaired) electrons. The van der Waals surface area contributed by atoms with E-state index in [2.05, 4.69) is 21.2 Å². The minimum atomic E-state index is -0.480. The fourth-order valence-corrected chi connectivity index (χ4v) is 2.46.